The molecule has 1 heteroatoms. The second kappa shape index (κ2) is 11.1. The minimum absolute atomic E-state index is 0.104. The van der Waals surface area contributed by atoms with E-state index in [0.29, 0.717) is 5.92 Å². The summed E-state index contributed by atoms with van der Waals surface area (Å²) in [5.74, 6) is 3.42. The third kappa shape index (κ3) is 5.61. The number of hydrogen-bond acceptors (Lipinski definition) is 0. The van der Waals surface area contributed by atoms with Crippen LogP contribution in [-0.4, -0.2) is 0 Å². The Labute approximate surface area is 194 Å². The van der Waals surface area contributed by atoms with Gasteiger partial charge in [0.2, 0.25) is 0 Å². The van der Waals surface area contributed by atoms with Gasteiger partial charge in [-0.05, 0) is 117 Å². The molecule has 0 amide bonds. The van der Waals surface area contributed by atoms with Crippen LogP contribution in [0.5, 0.6) is 0 Å². The van der Waals surface area contributed by atoms with E-state index >= 15 is 0 Å². The molecule has 0 N–H and O–H groups in total. The molecule has 2 fully saturated rings. The molecule has 170 valence electrons. The maximum absolute atomic E-state index is 14.5. The predicted molar refractivity (Wildman–Crippen MR) is 135 cm³/mol. The van der Waals surface area contributed by atoms with E-state index in [0.717, 1.165) is 47.3 Å². The summed E-state index contributed by atoms with van der Waals surface area (Å²) >= 11 is 0. The summed E-state index contributed by atoms with van der Waals surface area (Å²) < 4.78 is 14.5. The molecule has 0 saturated heterocycles. The van der Waals surface area contributed by atoms with E-state index in [9.17, 15) is 4.39 Å². The second-order valence-corrected chi connectivity index (χ2v) is 10.1. The first-order valence-corrected chi connectivity index (χ1v) is 12.8. The Bertz CT molecular complexity index is 907. The zero-order valence-corrected chi connectivity index (χ0v) is 19.7. The van der Waals surface area contributed by atoms with Gasteiger partial charge in [-0.1, -0.05) is 61.0 Å². The highest BCUT2D eigenvalue weighted by molar-refractivity contribution is 5.64. The van der Waals surface area contributed by atoms with Gasteiger partial charge >= 0.3 is 0 Å². The van der Waals surface area contributed by atoms with E-state index in [2.05, 4.69) is 56.0 Å². The van der Waals surface area contributed by atoms with E-state index in [1.165, 1.54) is 56.9 Å². The summed E-state index contributed by atoms with van der Waals surface area (Å²) in [4.78, 5) is 0. The zero-order chi connectivity index (χ0) is 22.3. The molecule has 0 radical (unpaired) electrons. The fourth-order valence-electron chi connectivity index (χ4n) is 6.18. The van der Waals surface area contributed by atoms with E-state index in [4.69, 9.17) is 0 Å². The molecule has 4 unspecified atom stereocenters. The fraction of sp³-hybridized carbons (Fsp3) is 0.484. The molecule has 2 saturated carbocycles. The normalized spacial score (nSPS) is 25.6. The molecule has 2 aromatic rings. The first kappa shape index (κ1) is 23.0. The van der Waals surface area contributed by atoms with Crippen LogP contribution in [0.2, 0.25) is 0 Å². The standard InChI is InChI=1S/C31H39F/c1-3-5-7-8-23-10-11-29-21-28(19-18-27(29)20-23)24-12-14-25(15-13-24)30-17-16-26(9-6-4-2)31(32)22-30/h3-5,12-17,22-23,27-29H,2,6-11,18-21H2,1H3/b5-3+. The van der Waals surface area contributed by atoms with Crippen LogP contribution in [-0.2, 0) is 6.42 Å². The van der Waals surface area contributed by atoms with Gasteiger partial charge in [-0.25, -0.2) is 4.39 Å². The molecule has 2 aliphatic rings. The predicted octanol–water partition coefficient (Wildman–Crippen LogP) is 9.27. The minimum atomic E-state index is -0.104. The van der Waals surface area contributed by atoms with Crippen molar-refractivity contribution in [3.8, 4) is 11.1 Å². The fourth-order valence-corrected chi connectivity index (χ4v) is 6.18. The highest BCUT2D eigenvalue weighted by Crippen LogP contribution is 2.48. The maximum atomic E-state index is 14.5. The lowest BCUT2D eigenvalue weighted by atomic mass is 9.63. The highest BCUT2D eigenvalue weighted by Gasteiger charge is 2.35. The van der Waals surface area contributed by atoms with Crippen LogP contribution in [0.3, 0.4) is 0 Å². The van der Waals surface area contributed by atoms with Gasteiger partial charge < -0.3 is 0 Å². The summed E-state index contributed by atoms with van der Waals surface area (Å²) in [6.07, 6.45) is 18.9. The van der Waals surface area contributed by atoms with Gasteiger partial charge in [0.05, 0.1) is 0 Å². The van der Waals surface area contributed by atoms with Gasteiger partial charge in [-0.15, -0.1) is 6.58 Å². The van der Waals surface area contributed by atoms with Crippen LogP contribution in [0.1, 0.15) is 81.8 Å². The molecule has 4 rings (SSSR count). The average molecular weight is 431 g/mol. The van der Waals surface area contributed by atoms with Crippen LogP contribution < -0.4 is 0 Å². The van der Waals surface area contributed by atoms with Crippen LogP contribution in [0, 0.1) is 23.6 Å². The number of aryl methyl sites for hydroxylation is 1. The van der Waals surface area contributed by atoms with Crippen molar-refractivity contribution in [1.29, 1.82) is 0 Å². The Hall–Kier alpha value is -2.15. The van der Waals surface area contributed by atoms with Gasteiger partial charge in [0.1, 0.15) is 5.82 Å². The van der Waals surface area contributed by atoms with Gasteiger partial charge in [0.25, 0.3) is 0 Å². The van der Waals surface area contributed by atoms with Crippen molar-refractivity contribution in [3.63, 3.8) is 0 Å². The van der Waals surface area contributed by atoms with Gasteiger partial charge in [0, 0.05) is 0 Å². The Morgan fingerprint density at radius 2 is 1.66 bits per heavy atom. The number of allylic oxidation sites excluding steroid dienone is 3. The zero-order valence-electron chi connectivity index (χ0n) is 19.7. The molecule has 4 atom stereocenters. The van der Waals surface area contributed by atoms with Crippen LogP contribution in [0.4, 0.5) is 4.39 Å². The molecule has 0 nitrogen and oxygen atoms in total. The molecule has 0 aromatic heterocycles. The lowest BCUT2D eigenvalue weighted by molar-refractivity contribution is 0.115. The number of rotatable bonds is 8. The number of hydrogen-bond donors (Lipinski definition) is 0. The largest absolute Gasteiger partial charge is 0.207 e. The molecule has 0 aliphatic heterocycles. The van der Waals surface area contributed by atoms with Crippen molar-refractivity contribution in [2.75, 3.05) is 0 Å². The molecule has 0 bridgehead atoms. The SMILES string of the molecule is C=CCCc1ccc(-c2ccc(C3CCC4CC(CC/C=C/C)CCC4C3)cc2)cc1F. The van der Waals surface area contributed by atoms with Crippen molar-refractivity contribution >= 4 is 0 Å². The summed E-state index contributed by atoms with van der Waals surface area (Å²) in [6, 6.07) is 14.6. The summed E-state index contributed by atoms with van der Waals surface area (Å²) in [5, 5.41) is 0. The Balaban J connectivity index is 1.35. The molecule has 0 heterocycles. The summed E-state index contributed by atoms with van der Waals surface area (Å²) in [7, 11) is 0. The summed E-state index contributed by atoms with van der Waals surface area (Å²) in [5.41, 5.74) is 4.33. The quantitative estimate of drug-likeness (QED) is 0.366. The third-order valence-corrected chi connectivity index (χ3v) is 8.09. The van der Waals surface area contributed by atoms with E-state index in [1.807, 2.05) is 12.1 Å². The molecule has 2 aromatic carbocycles. The average Bonchev–Trinajstić information content (AvgIpc) is 2.83. The lowest BCUT2D eigenvalue weighted by Crippen LogP contribution is -2.30. The first-order valence-electron chi connectivity index (χ1n) is 12.8. The first-order chi connectivity index (χ1) is 15.7. The molecule has 0 spiro atoms. The topological polar surface area (TPSA) is 0 Å². The number of fused-ring (bicyclic) bond motifs is 1. The van der Waals surface area contributed by atoms with E-state index in [1.54, 1.807) is 6.07 Å². The van der Waals surface area contributed by atoms with Gasteiger partial charge in [0.15, 0.2) is 0 Å². The lowest BCUT2D eigenvalue weighted by Gasteiger charge is -2.42. The Morgan fingerprint density at radius 1 is 0.906 bits per heavy atom. The number of halogens is 1. The Kier molecular flexibility index (Phi) is 8.00. The van der Waals surface area contributed by atoms with Crippen molar-refractivity contribution in [2.45, 2.75) is 77.0 Å². The summed E-state index contributed by atoms with van der Waals surface area (Å²) in [6.45, 7) is 5.86. The number of benzene rings is 2. The molecule has 32 heavy (non-hydrogen) atoms. The smallest absolute Gasteiger partial charge is 0.127 e. The Morgan fingerprint density at radius 3 is 2.41 bits per heavy atom. The highest BCUT2D eigenvalue weighted by atomic mass is 19.1. The van der Waals surface area contributed by atoms with Crippen LogP contribution in [0.25, 0.3) is 11.1 Å². The monoisotopic (exact) mass is 430 g/mol. The van der Waals surface area contributed by atoms with Crippen molar-refractivity contribution in [1.82, 2.24) is 0 Å². The van der Waals surface area contributed by atoms with Crippen LogP contribution in [0.15, 0.2) is 67.3 Å². The second-order valence-electron chi connectivity index (χ2n) is 10.1. The van der Waals surface area contributed by atoms with Crippen molar-refractivity contribution < 1.29 is 4.39 Å². The minimum Gasteiger partial charge on any atom is -0.207 e. The van der Waals surface area contributed by atoms with Crippen molar-refractivity contribution in [3.05, 3.63) is 84.2 Å². The van der Waals surface area contributed by atoms with Gasteiger partial charge in [-0.3, -0.25) is 0 Å². The van der Waals surface area contributed by atoms with Gasteiger partial charge in [-0.2, -0.15) is 0 Å². The van der Waals surface area contributed by atoms with Crippen molar-refractivity contribution in [2.24, 2.45) is 17.8 Å². The third-order valence-electron chi connectivity index (χ3n) is 8.09. The molecule has 2 aliphatic carbocycles. The molecular formula is C31H39F. The maximum Gasteiger partial charge on any atom is 0.127 e. The molecular weight excluding hydrogens is 391 g/mol. The van der Waals surface area contributed by atoms with E-state index < -0.39 is 0 Å². The van der Waals surface area contributed by atoms with E-state index in [-0.39, 0.29) is 5.82 Å². The van der Waals surface area contributed by atoms with Crippen LogP contribution >= 0.6 is 0 Å².